The van der Waals surface area contributed by atoms with Gasteiger partial charge in [-0.25, -0.2) is 9.79 Å². The van der Waals surface area contributed by atoms with Gasteiger partial charge < -0.3 is 13.9 Å². The minimum atomic E-state index is -0.708. The Morgan fingerprint density at radius 2 is 1.87 bits per heavy atom. The monoisotopic (exact) mass is 548 g/mol. The molecule has 0 N–H and O–H groups in total. The zero-order valence-corrected chi connectivity index (χ0v) is 22.8. The summed E-state index contributed by atoms with van der Waals surface area (Å²) in [5.74, 6) is 1.26. The standard InChI is InChI=1S/C29H25ClN2O5S/c1-16(2)36-28(34)25-17(3)31-29-32(26(25)18-9-11-19(35-4)12-10-18)27(33)24(38-29)15-20-13-14-23(37-20)21-7-5-6-8-22(21)30/h5-16,26H,1-4H3/b24-15+. The molecule has 1 unspecified atom stereocenters. The van der Waals surface area contributed by atoms with Crippen molar-refractivity contribution in [1.29, 1.82) is 0 Å². The summed E-state index contributed by atoms with van der Waals surface area (Å²) in [6.45, 7) is 5.32. The van der Waals surface area contributed by atoms with E-state index in [-0.39, 0.29) is 11.7 Å². The smallest absolute Gasteiger partial charge is 0.338 e. The van der Waals surface area contributed by atoms with E-state index in [1.165, 1.54) is 11.3 Å². The molecule has 0 radical (unpaired) electrons. The molecule has 38 heavy (non-hydrogen) atoms. The molecular weight excluding hydrogens is 524 g/mol. The third kappa shape index (κ3) is 4.85. The van der Waals surface area contributed by atoms with Gasteiger partial charge in [0.05, 0.1) is 40.1 Å². The highest BCUT2D eigenvalue weighted by Gasteiger charge is 2.33. The fraction of sp³-hybridized carbons (Fsp3) is 0.207. The lowest BCUT2D eigenvalue weighted by Crippen LogP contribution is -2.40. The molecule has 0 saturated carbocycles. The number of halogens is 1. The molecule has 0 aliphatic carbocycles. The molecular formula is C29H25ClN2O5S. The normalized spacial score (nSPS) is 15.4. The van der Waals surface area contributed by atoms with Gasteiger partial charge in [-0.3, -0.25) is 9.36 Å². The van der Waals surface area contributed by atoms with Gasteiger partial charge in [0.1, 0.15) is 17.3 Å². The third-order valence-electron chi connectivity index (χ3n) is 6.06. The maximum atomic E-state index is 13.8. The van der Waals surface area contributed by atoms with Crippen LogP contribution in [-0.4, -0.2) is 23.8 Å². The van der Waals surface area contributed by atoms with Gasteiger partial charge in [-0.1, -0.05) is 47.2 Å². The highest BCUT2D eigenvalue weighted by molar-refractivity contribution is 7.07. The van der Waals surface area contributed by atoms with Crippen molar-refractivity contribution < 1.29 is 18.7 Å². The van der Waals surface area contributed by atoms with Crippen LogP contribution in [0.1, 0.15) is 38.1 Å². The van der Waals surface area contributed by atoms with Gasteiger partial charge >= 0.3 is 5.97 Å². The first-order valence-corrected chi connectivity index (χ1v) is 13.2. The van der Waals surface area contributed by atoms with Crippen LogP contribution in [0, 0.1) is 0 Å². The lowest BCUT2D eigenvalue weighted by molar-refractivity contribution is -0.143. The van der Waals surface area contributed by atoms with Crippen LogP contribution >= 0.6 is 22.9 Å². The fourth-order valence-corrected chi connectivity index (χ4v) is 5.58. The first-order valence-electron chi connectivity index (χ1n) is 12.0. The summed E-state index contributed by atoms with van der Waals surface area (Å²) in [4.78, 5) is 32.1. The largest absolute Gasteiger partial charge is 0.497 e. The first-order chi connectivity index (χ1) is 18.3. The Labute approximate surface area is 227 Å². The van der Waals surface area contributed by atoms with Gasteiger partial charge in [0.25, 0.3) is 5.56 Å². The van der Waals surface area contributed by atoms with E-state index in [1.807, 2.05) is 36.4 Å². The predicted molar refractivity (Wildman–Crippen MR) is 147 cm³/mol. The second kappa shape index (κ2) is 10.5. The van der Waals surface area contributed by atoms with Crippen molar-refractivity contribution in [2.45, 2.75) is 32.9 Å². The van der Waals surface area contributed by atoms with Gasteiger partial charge in [-0.05, 0) is 62.7 Å². The molecule has 9 heteroatoms. The number of methoxy groups -OCH3 is 1. The van der Waals surface area contributed by atoms with E-state index in [4.69, 9.17) is 25.5 Å². The SMILES string of the molecule is COc1ccc(C2C(C(=O)OC(C)C)=C(C)N=c3s/c(=C/c4ccc(-c5ccccc5Cl)o4)c(=O)n32)cc1. The van der Waals surface area contributed by atoms with Crippen molar-refractivity contribution in [2.24, 2.45) is 4.99 Å². The van der Waals surface area contributed by atoms with Crippen molar-refractivity contribution in [2.75, 3.05) is 7.11 Å². The molecule has 3 heterocycles. The minimum absolute atomic E-state index is 0.285. The molecule has 1 aliphatic heterocycles. The highest BCUT2D eigenvalue weighted by atomic mass is 35.5. The van der Waals surface area contributed by atoms with Crippen LogP contribution in [0.3, 0.4) is 0 Å². The Bertz CT molecular complexity index is 1730. The van der Waals surface area contributed by atoms with Crippen LogP contribution in [-0.2, 0) is 9.53 Å². The summed E-state index contributed by atoms with van der Waals surface area (Å²) < 4.78 is 18.8. The fourth-order valence-electron chi connectivity index (χ4n) is 4.33. The molecule has 0 amide bonds. The molecule has 7 nitrogen and oxygen atoms in total. The Balaban J connectivity index is 1.64. The zero-order chi connectivity index (χ0) is 27.0. The van der Waals surface area contributed by atoms with E-state index in [1.54, 1.807) is 62.8 Å². The van der Waals surface area contributed by atoms with E-state index in [0.717, 1.165) is 11.1 Å². The molecule has 5 rings (SSSR count). The number of fused-ring (bicyclic) bond motifs is 1. The minimum Gasteiger partial charge on any atom is -0.497 e. The number of hydrogen-bond acceptors (Lipinski definition) is 7. The molecule has 4 aromatic rings. The van der Waals surface area contributed by atoms with Gasteiger partial charge in [0.15, 0.2) is 4.80 Å². The van der Waals surface area contributed by atoms with Crippen LogP contribution in [0.5, 0.6) is 5.75 Å². The van der Waals surface area contributed by atoms with Gasteiger partial charge in [-0.15, -0.1) is 0 Å². The number of nitrogens with zero attached hydrogens (tertiary/aromatic N) is 2. The maximum absolute atomic E-state index is 13.8. The summed E-state index contributed by atoms with van der Waals surface area (Å²) >= 11 is 7.55. The second-order valence-electron chi connectivity index (χ2n) is 8.99. The number of carbonyl (C=O) groups is 1. The van der Waals surface area contributed by atoms with Crippen LogP contribution in [0.15, 0.2) is 86.1 Å². The van der Waals surface area contributed by atoms with Crippen molar-refractivity contribution in [1.82, 2.24) is 4.57 Å². The Hall–Kier alpha value is -3.88. The molecule has 2 aromatic carbocycles. The number of furan rings is 1. The number of carbonyl (C=O) groups excluding carboxylic acids is 1. The van der Waals surface area contributed by atoms with Crippen molar-refractivity contribution in [3.8, 4) is 17.1 Å². The van der Waals surface area contributed by atoms with Gasteiger partial charge in [-0.2, -0.15) is 0 Å². The molecule has 1 aliphatic rings. The highest BCUT2D eigenvalue weighted by Crippen LogP contribution is 2.32. The zero-order valence-electron chi connectivity index (χ0n) is 21.2. The summed E-state index contributed by atoms with van der Waals surface area (Å²) in [5, 5.41) is 0.573. The summed E-state index contributed by atoms with van der Waals surface area (Å²) in [5.41, 5.74) is 2.04. The average Bonchev–Trinajstić information content (AvgIpc) is 3.47. The Kier molecular flexibility index (Phi) is 7.10. The molecule has 0 fully saturated rings. The van der Waals surface area contributed by atoms with Crippen molar-refractivity contribution in [3.63, 3.8) is 0 Å². The Morgan fingerprint density at radius 3 is 2.55 bits per heavy atom. The van der Waals surface area contributed by atoms with Crippen molar-refractivity contribution in [3.05, 3.63) is 108 Å². The number of benzene rings is 2. The summed E-state index contributed by atoms with van der Waals surface area (Å²) in [6, 6.07) is 17.6. The average molecular weight is 549 g/mol. The van der Waals surface area contributed by atoms with Crippen LogP contribution in [0.2, 0.25) is 5.02 Å². The maximum Gasteiger partial charge on any atom is 0.338 e. The lowest BCUT2D eigenvalue weighted by Gasteiger charge is -2.25. The van der Waals surface area contributed by atoms with Crippen molar-refractivity contribution >= 4 is 35.0 Å². The quantitative estimate of drug-likeness (QED) is 0.313. The topological polar surface area (TPSA) is 83.0 Å². The lowest BCUT2D eigenvalue weighted by atomic mass is 9.96. The van der Waals surface area contributed by atoms with E-state index in [0.29, 0.717) is 42.9 Å². The molecule has 0 bridgehead atoms. The van der Waals surface area contributed by atoms with Gasteiger partial charge in [0, 0.05) is 11.6 Å². The second-order valence-corrected chi connectivity index (χ2v) is 10.4. The predicted octanol–water partition coefficient (Wildman–Crippen LogP) is 5.11. The number of hydrogen-bond donors (Lipinski definition) is 0. The number of esters is 1. The van der Waals surface area contributed by atoms with Gasteiger partial charge in [0.2, 0.25) is 0 Å². The van der Waals surface area contributed by atoms with Crippen LogP contribution in [0.25, 0.3) is 17.4 Å². The van der Waals surface area contributed by atoms with E-state index in [9.17, 15) is 9.59 Å². The Morgan fingerprint density at radius 1 is 1.13 bits per heavy atom. The number of thiazole rings is 1. The van der Waals surface area contributed by atoms with Crippen LogP contribution in [0.4, 0.5) is 0 Å². The molecule has 0 spiro atoms. The molecule has 2 aromatic heterocycles. The molecule has 1 atom stereocenters. The molecule has 194 valence electrons. The number of rotatable bonds is 6. The van der Waals surface area contributed by atoms with E-state index in [2.05, 4.69) is 4.99 Å². The summed E-state index contributed by atoms with van der Waals surface area (Å²) in [7, 11) is 1.58. The van der Waals surface area contributed by atoms with E-state index >= 15 is 0 Å². The molecule has 0 saturated heterocycles. The number of aromatic nitrogens is 1. The van der Waals surface area contributed by atoms with Crippen LogP contribution < -0.4 is 19.6 Å². The summed E-state index contributed by atoms with van der Waals surface area (Å²) in [6.07, 6.45) is 1.36. The number of allylic oxidation sites excluding steroid dienone is 1. The third-order valence-corrected chi connectivity index (χ3v) is 7.37. The van der Waals surface area contributed by atoms with E-state index < -0.39 is 12.0 Å². The number of ether oxygens (including phenoxy) is 2. The first kappa shape index (κ1) is 25.8.